The van der Waals surface area contributed by atoms with Gasteiger partial charge in [0.05, 0.1) is 5.41 Å². The average molecular weight is 181 g/mol. The molecule has 1 aliphatic carbocycles. The van der Waals surface area contributed by atoms with Crippen LogP contribution in [-0.4, -0.2) is 19.3 Å². The average Bonchev–Trinajstić information content (AvgIpc) is 1.82. The Bertz CT molecular complexity index is 149. The number of nitrogens with one attached hydrogen (secondary N) is 1. The molecule has 72 valence electrons. The highest BCUT2D eigenvalue weighted by Gasteiger charge is 2.57. The third kappa shape index (κ3) is 1.58. The summed E-state index contributed by atoms with van der Waals surface area (Å²) in [6.45, 7) is 2.52. The quantitative estimate of drug-likeness (QED) is 0.704. The molecular formula is C8H14F3N. The lowest BCUT2D eigenvalue weighted by atomic mass is 9.68. The zero-order chi connectivity index (χ0) is 9.24. The van der Waals surface area contributed by atoms with Crippen molar-refractivity contribution in [2.24, 2.45) is 5.41 Å². The first-order valence-electron chi connectivity index (χ1n) is 4.29. The molecular weight excluding hydrogens is 167 g/mol. The van der Waals surface area contributed by atoms with Crippen molar-refractivity contribution in [1.82, 2.24) is 5.32 Å². The zero-order valence-corrected chi connectivity index (χ0v) is 7.17. The Balaban J connectivity index is 2.51. The van der Waals surface area contributed by atoms with Gasteiger partial charge in [-0.25, -0.2) is 0 Å². The van der Waals surface area contributed by atoms with Gasteiger partial charge in [-0.15, -0.1) is 0 Å². The van der Waals surface area contributed by atoms with E-state index in [9.17, 15) is 13.2 Å². The highest BCUT2D eigenvalue weighted by Crippen LogP contribution is 2.52. The summed E-state index contributed by atoms with van der Waals surface area (Å²) >= 11 is 0. The van der Waals surface area contributed by atoms with Crippen LogP contribution >= 0.6 is 0 Å². The maximum atomic E-state index is 12.4. The summed E-state index contributed by atoms with van der Waals surface area (Å²) in [5.74, 6) is 0. The smallest absolute Gasteiger partial charge is 0.316 e. The molecule has 0 aromatic carbocycles. The summed E-state index contributed by atoms with van der Waals surface area (Å²) < 4.78 is 37.3. The molecule has 1 fully saturated rings. The maximum Gasteiger partial charge on any atom is 0.395 e. The molecule has 0 atom stereocenters. The van der Waals surface area contributed by atoms with E-state index in [2.05, 4.69) is 5.32 Å². The van der Waals surface area contributed by atoms with Gasteiger partial charge >= 0.3 is 6.18 Å². The SMILES string of the molecule is CCNCC1(C(F)(F)F)CCC1. The molecule has 4 heteroatoms. The van der Waals surface area contributed by atoms with Crippen molar-refractivity contribution < 1.29 is 13.2 Å². The van der Waals surface area contributed by atoms with Crippen LogP contribution in [0.4, 0.5) is 13.2 Å². The monoisotopic (exact) mass is 181 g/mol. The highest BCUT2D eigenvalue weighted by molar-refractivity contribution is 4.95. The molecule has 0 saturated heterocycles. The predicted octanol–water partition coefficient (Wildman–Crippen LogP) is 2.33. The largest absolute Gasteiger partial charge is 0.395 e. The molecule has 0 heterocycles. The second kappa shape index (κ2) is 3.24. The molecule has 1 rings (SSSR count). The van der Waals surface area contributed by atoms with Crippen molar-refractivity contribution >= 4 is 0 Å². The molecule has 0 spiro atoms. The Morgan fingerprint density at radius 2 is 1.92 bits per heavy atom. The van der Waals surface area contributed by atoms with Gasteiger partial charge < -0.3 is 5.32 Å². The van der Waals surface area contributed by atoms with E-state index >= 15 is 0 Å². The highest BCUT2D eigenvalue weighted by atomic mass is 19.4. The van der Waals surface area contributed by atoms with Crippen molar-refractivity contribution in [3.05, 3.63) is 0 Å². The Hall–Kier alpha value is -0.250. The molecule has 12 heavy (non-hydrogen) atoms. The normalized spacial score (nSPS) is 22.0. The van der Waals surface area contributed by atoms with Crippen molar-refractivity contribution in [3.8, 4) is 0 Å². The fraction of sp³-hybridized carbons (Fsp3) is 1.00. The van der Waals surface area contributed by atoms with Crippen molar-refractivity contribution in [3.63, 3.8) is 0 Å². The van der Waals surface area contributed by atoms with Gasteiger partial charge in [0.15, 0.2) is 0 Å². The Labute approximate surface area is 70.3 Å². The van der Waals surface area contributed by atoms with Gasteiger partial charge in [-0.3, -0.25) is 0 Å². The summed E-state index contributed by atoms with van der Waals surface area (Å²) in [7, 11) is 0. The van der Waals surface area contributed by atoms with Gasteiger partial charge in [0.1, 0.15) is 0 Å². The van der Waals surface area contributed by atoms with Crippen LogP contribution in [0.5, 0.6) is 0 Å². The van der Waals surface area contributed by atoms with E-state index in [0.717, 1.165) is 0 Å². The molecule has 1 nitrogen and oxygen atoms in total. The molecule has 0 aliphatic heterocycles. The minimum absolute atomic E-state index is 0.0903. The van der Waals surface area contributed by atoms with Gasteiger partial charge in [0.25, 0.3) is 0 Å². The van der Waals surface area contributed by atoms with E-state index in [-0.39, 0.29) is 6.54 Å². The van der Waals surface area contributed by atoms with Crippen LogP contribution in [0, 0.1) is 5.41 Å². The molecule has 1 N–H and O–H groups in total. The first-order chi connectivity index (χ1) is 5.52. The van der Waals surface area contributed by atoms with Crippen LogP contribution in [0.1, 0.15) is 26.2 Å². The summed E-state index contributed by atoms with van der Waals surface area (Å²) in [5.41, 5.74) is -1.40. The standard InChI is InChI=1S/C8H14F3N/c1-2-12-6-7(4-3-5-7)8(9,10)11/h12H,2-6H2,1H3. The Morgan fingerprint density at radius 1 is 1.33 bits per heavy atom. The van der Waals surface area contributed by atoms with E-state index < -0.39 is 11.6 Å². The van der Waals surface area contributed by atoms with Gasteiger partial charge in [0, 0.05) is 6.54 Å². The lowest BCUT2D eigenvalue weighted by Crippen LogP contribution is -2.50. The molecule has 0 amide bonds. The van der Waals surface area contributed by atoms with Crippen molar-refractivity contribution in [1.29, 1.82) is 0 Å². The lowest BCUT2D eigenvalue weighted by Gasteiger charge is -2.43. The third-order valence-electron chi connectivity index (χ3n) is 2.63. The van der Waals surface area contributed by atoms with Crippen LogP contribution in [0.3, 0.4) is 0 Å². The summed E-state index contributed by atoms with van der Waals surface area (Å²) in [6, 6.07) is 0. The minimum Gasteiger partial charge on any atom is -0.316 e. The summed E-state index contributed by atoms with van der Waals surface area (Å²) in [5, 5.41) is 2.78. The molecule has 0 aromatic rings. The summed E-state index contributed by atoms with van der Waals surface area (Å²) in [6.07, 6.45) is -2.72. The number of hydrogen-bond donors (Lipinski definition) is 1. The lowest BCUT2D eigenvalue weighted by molar-refractivity contribution is -0.248. The van der Waals surface area contributed by atoms with Gasteiger partial charge in [-0.2, -0.15) is 13.2 Å². The predicted molar refractivity (Wildman–Crippen MR) is 40.9 cm³/mol. The minimum atomic E-state index is -4.02. The van der Waals surface area contributed by atoms with Crippen LogP contribution in [0.2, 0.25) is 0 Å². The fourth-order valence-corrected chi connectivity index (χ4v) is 1.53. The van der Waals surface area contributed by atoms with Gasteiger partial charge in [-0.05, 0) is 19.4 Å². The molecule has 0 aromatic heterocycles. The fourth-order valence-electron chi connectivity index (χ4n) is 1.53. The number of halogens is 3. The zero-order valence-electron chi connectivity index (χ0n) is 7.17. The topological polar surface area (TPSA) is 12.0 Å². The van der Waals surface area contributed by atoms with Gasteiger partial charge in [0.2, 0.25) is 0 Å². The van der Waals surface area contributed by atoms with Crippen LogP contribution in [0.15, 0.2) is 0 Å². The van der Waals surface area contributed by atoms with E-state index in [4.69, 9.17) is 0 Å². The molecule has 1 aliphatic rings. The first-order valence-corrected chi connectivity index (χ1v) is 4.29. The van der Waals surface area contributed by atoms with Crippen molar-refractivity contribution in [2.45, 2.75) is 32.4 Å². The van der Waals surface area contributed by atoms with E-state index in [1.807, 2.05) is 6.92 Å². The van der Waals surface area contributed by atoms with Crippen molar-refractivity contribution in [2.75, 3.05) is 13.1 Å². The maximum absolute atomic E-state index is 12.4. The summed E-state index contributed by atoms with van der Waals surface area (Å²) in [4.78, 5) is 0. The Morgan fingerprint density at radius 3 is 2.17 bits per heavy atom. The number of rotatable bonds is 3. The Kier molecular flexibility index (Phi) is 2.66. The number of alkyl halides is 3. The second-order valence-corrected chi connectivity index (χ2v) is 3.41. The first kappa shape index (κ1) is 9.84. The second-order valence-electron chi connectivity index (χ2n) is 3.41. The molecule has 0 unspecified atom stereocenters. The third-order valence-corrected chi connectivity index (χ3v) is 2.63. The van der Waals surface area contributed by atoms with Crippen LogP contribution in [0.25, 0.3) is 0 Å². The molecule has 0 bridgehead atoms. The molecule has 1 saturated carbocycles. The van der Waals surface area contributed by atoms with Crippen LogP contribution in [-0.2, 0) is 0 Å². The molecule has 0 radical (unpaired) electrons. The van der Waals surface area contributed by atoms with E-state index in [0.29, 0.717) is 25.8 Å². The van der Waals surface area contributed by atoms with E-state index in [1.165, 1.54) is 0 Å². The number of hydrogen-bond acceptors (Lipinski definition) is 1. The van der Waals surface area contributed by atoms with Gasteiger partial charge in [-0.1, -0.05) is 13.3 Å². The van der Waals surface area contributed by atoms with E-state index in [1.54, 1.807) is 0 Å². The van der Waals surface area contributed by atoms with Crippen LogP contribution < -0.4 is 5.32 Å².